The molecule has 1 aliphatic heterocycles. The Bertz CT molecular complexity index is 276. The maximum absolute atomic E-state index is 5.60. The number of ether oxygens (including phenoxy) is 1. The predicted molar refractivity (Wildman–Crippen MR) is 79.0 cm³/mol. The van der Waals surface area contributed by atoms with Crippen LogP contribution in [0.5, 0.6) is 0 Å². The fourth-order valence-corrected chi connectivity index (χ4v) is 2.51. The molecule has 1 rings (SSSR count). The summed E-state index contributed by atoms with van der Waals surface area (Å²) in [5, 5.41) is 0. The predicted octanol–water partition coefficient (Wildman–Crippen LogP) is 0.257. The number of guanidine groups is 1. The fourth-order valence-electron chi connectivity index (χ4n) is 2.51. The molecule has 0 radical (unpaired) electrons. The Morgan fingerprint density at radius 1 is 1.53 bits per heavy atom. The summed E-state index contributed by atoms with van der Waals surface area (Å²) in [6.07, 6.45) is 2.31. The van der Waals surface area contributed by atoms with Crippen LogP contribution >= 0.6 is 0 Å². The maximum atomic E-state index is 5.60. The second-order valence-electron chi connectivity index (χ2n) is 5.18. The van der Waals surface area contributed by atoms with Crippen LogP contribution in [0.15, 0.2) is 4.99 Å². The van der Waals surface area contributed by atoms with Crippen LogP contribution in [0.2, 0.25) is 0 Å². The van der Waals surface area contributed by atoms with Gasteiger partial charge in [0.15, 0.2) is 0 Å². The maximum Gasteiger partial charge on any atom is 0.208 e. The van der Waals surface area contributed by atoms with Crippen molar-refractivity contribution >= 4 is 5.96 Å². The lowest BCUT2D eigenvalue weighted by Crippen LogP contribution is -2.51. The number of aliphatic imine (C=N–C) groups is 1. The van der Waals surface area contributed by atoms with Crippen molar-refractivity contribution in [2.75, 3.05) is 40.4 Å². The molecule has 0 aliphatic carbocycles. The summed E-state index contributed by atoms with van der Waals surface area (Å²) >= 11 is 0. The third-order valence-electron chi connectivity index (χ3n) is 3.77. The molecule has 0 saturated carbocycles. The molecule has 0 amide bonds. The number of hydrazine groups is 1. The Balaban J connectivity index is 2.56. The summed E-state index contributed by atoms with van der Waals surface area (Å²) < 4.78 is 5.10. The highest BCUT2D eigenvalue weighted by molar-refractivity contribution is 5.79. The normalized spacial score (nSPS) is 20.4. The molecular formula is C13H29N5O. The zero-order chi connectivity index (χ0) is 14.3. The average Bonchev–Trinajstić information content (AvgIpc) is 2.44. The van der Waals surface area contributed by atoms with Gasteiger partial charge in [0, 0.05) is 33.3 Å². The summed E-state index contributed by atoms with van der Waals surface area (Å²) in [4.78, 5) is 9.21. The number of nitrogens with zero attached hydrogens (tertiary/aromatic N) is 3. The SMILES string of the molecule is CCN1CCC(N(C)C(=NC(C)COC)NN)CC1. The van der Waals surface area contributed by atoms with Crippen molar-refractivity contribution in [3.63, 3.8) is 0 Å². The lowest BCUT2D eigenvalue weighted by Gasteiger charge is -2.37. The highest BCUT2D eigenvalue weighted by atomic mass is 16.5. The highest BCUT2D eigenvalue weighted by Gasteiger charge is 2.23. The van der Waals surface area contributed by atoms with Gasteiger partial charge in [-0.1, -0.05) is 6.92 Å². The van der Waals surface area contributed by atoms with E-state index in [1.165, 1.54) is 0 Å². The molecule has 0 aromatic carbocycles. The van der Waals surface area contributed by atoms with E-state index in [1.54, 1.807) is 7.11 Å². The number of nitrogens with one attached hydrogen (secondary N) is 1. The van der Waals surface area contributed by atoms with Gasteiger partial charge >= 0.3 is 0 Å². The smallest absolute Gasteiger partial charge is 0.208 e. The van der Waals surface area contributed by atoms with Gasteiger partial charge in [0.05, 0.1) is 12.6 Å². The monoisotopic (exact) mass is 271 g/mol. The minimum Gasteiger partial charge on any atom is -0.382 e. The minimum absolute atomic E-state index is 0.106. The van der Waals surface area contributed by atoms with Crippen molar-refractivity contribution in [2.45, 2.75) is 38.8 Å². The summed E-state index contributed by atoms with van der Waals surface area (Å²) in [5.74, 6) is 6.35. The first kappa shape index (κ1) is 16.2. The van der Waals surface area contributed by atoms with Crippen LogP contribution in [-0.4, -0.2) is 68.2 Å². The molecule has 1 saturated heterocycles. The van der Waals surface area contributed by atoms with Crippen LogP contribution in [0.1, 0.15) is 26.7 Å². The summed E-state index contributed by atoms with van der Waals surface area (Å²) in [7, 11) is 3.75. The lowest BCUT2D eigenvalue weighted by molar-refractivity contribution is 0.167. The second-order valence-corrected chi connectivity index (χ2v) is 5.18. The summed E-state index contributed by atoms with van der Waals surface area (Å²) in [6.45, 7) is 8.28. The molecule has 6 nitrogen and oxygen atoms in total. The van der Waals surface area contributed by atoms with E-state index < -0.39 is 0 Å². The number of hydrogen-bond donors (Lipinski definition) is 2. The number of nitrogens with two attached hydrogens (primary N) is 1. The number of piperidine rings is 1. The Kier molecular flexibility index (Phi) is 7.12. The van der Waals surface area contributed by atoms with E-state index >= 15 is 0 Å². The minimum atomic E-state index is 0.106. The van der Waals surface area contributed by atoms with E-state index in [2.05, 4.69) is 34.2 Å². The van der Waals surface area contributed by atoms with Crippen LogP contribution in [0, 0.1) is 0 Å². The van der Waals surface area contributed by atoms with Crippen LogP contribution in [-0.2, 0) is 4.74 Å². The molecule has 19 heavy (non-hydrogen) atoms. The number of hydrogen-bond acceptors (Lipinski definition) is 4. The largest absolute Gasteiger partial charge is 0.382 e. The number of likely N-dealkylation sites (tertiary alicyclic amines) is 1. The molecule has 0 aromatic heterocycles. The summed E-state index contributed by atoms with van der Waals surface area (Å²) in [5.41, 5.74) is 2.72. The Morgan fingerprint density at radius 3 is 2.63 bits per heavy atom. The van der Waals surface area contributed by atoms with Crippen molar-refractivity contribution in [1.82, 2.24) is 15.2 Å². The molecule has 0 aromatic rings. The van der Waals surface area contributed by atoms with Crippen molar-refractivity contribution in [1.29, 1.82) is 0 Å². The van der Waals surface area contributed by atoms with Gasteiger partial charge in [0.25, 0.3) is 0 Å². The first-order valence-corrected chi connectivity index (χ1v) is 7.10. The molecule has 1 atom stereocenters. The van der Waals surface area contributed by atoms with E-state index in [0.717, 1.165) is 38.4 Å². The molecule has 1 unspecified atom stereocenters. The van der Waals surface area contributed by atoms with Crippen molar-refractivity contribution in [3.8, 4) is 0 Å². The topological polar surface area (TPSA) is 66.1 Å². The molecule has 0 spiro atoms. The molecule has 3 N–H and O–H groups in total. The Labute approximate surface area is 117 Å². The van der Waals surface area contributed by atoms with Gasteiger partial charge in [-0.15, -0.1) is 0 Å². The van der Waals surface area contributed by atoms with Crippen molar-refractivity contribution < 1.29 is 4.74 Å². The Morgan fingerprint density at radius 2 is 2.16 bits per heavy atom. The molecule has 0 bridgehead atoms. The molecule has 112 valence electrons. The molecule has 1 fully saturated rings. The molecule has 6 heteroatoms. The zero-order valence-corrected chi connectivity index (χ0v) is 12.7. The van der Waals surface area contributed by atoms with E-state index in [4.69, 9.17) is 10.6 Å². The van der Waals surface area contributed by atoms with Crippen LogP contribution in [0.3, 0.4) is 0 Å². The van der Waals surface area contributed by atoms with Gasteiger partial charge in [-0.3, -0.25) is 5.43 Å². The fraction of sp³-hybridized carbons (Fsp3) is 0.923. The highest BCUT2D eigenvalue weighted by Crippen LogP contribution is 2.15. The average molecular weight is 271 g/mol. The van der Waals surface area contributed by atoms with Crippen LogP contribution < -0.4 is 11.3 Å². The van der Waals surface area contributed by atoms with Crippen LogP contribution in [0.25, 0.3) is 0 Å². The lowest BCUT2D eigenvalue weighted by atomic mass is 10.0. The second kappa shape index (κ2) is 8.35. The third-order valence-corrected chi connectivity index (χ3v) is 3.77. The van der Waals surface area contributed by atoms with Gasteiger partial charge in [-0.2, -0.15) is 0 Å². The summed E-state index contributed by atoms with van der Waals surface area (Å²) in [6, 6.07) is 0.613. The van der Waals surface area contributed by atoms with Gasteiger partial charge < -0.3 is 14.5 Å². The van der Waals surface area contributed by atoms with Gasteiger partial charge in [-0.05, 0) is 26.3 Å². The zero-order valence-electron chi connectivity index (χ0n) is 12.7. The Hall–Kier alpha value is -0.850. The van der Waals surface area contributed by atoms with Crippen molar-refractivity contribution in [2.24, 2.45) is 10.8 Å². The van der Waals surface area contributed by atoms with Crippen molar-refractivity contribution in [3.05, 3.63) is 0 Å². The van der Waals surface area contributed by atoms with E-state index in [-0.39, 0.29) is 6.04 Å². The first-order chi connectivity index (χ1) is 9.12. The number of rotatable bonds is 5. The molecule has 1 heterocycles. The molecule has 1 aliphatic rings. The van der Waals surface area contributed by atoms with Gasteiger partial charge in [-0.25, -0.2) is 10.8 Å². The van der Waals surface area contributed by atoms with Gasteiger partial charge in [0.2, 0.25) is 5.96 Å². The van der Waals surface area contributed by atoms with E-state index in [1.807, 2.05) is 6.92 Å². The van der Waals surface area contributed by atoms with Gasteiger partial charge in [0.1, 0.15) is 0 Å². The standard InChI is InChI=1S/C13H29N5O/c1-5-18-8-6-12(7-9-18)17(3)13(16-14)15-11(2)10-19-4/h11-12H,5-10,14H2,1-4H3,(H,15,16). The molecular weight excluding hydrogens is 242 g/mol. The van der Waals surface area contributed by atoms with E-state index in [9.17, 15) is 0 Å². The number of methoxy groups -OCH3 is 1. The first-order valence-electron chi connectivity index (χ1n) is 7.10. The third kappa shape index (κ3) is 4.97. The van der Waals surface area contributed by atoms with Crippen LogP contribution in [0.4, 0.5) is 0 Å². The van der Waals surface area contributed by atoms with E-state index in [0.29, 0.717) is 12.6 Å². The quantitative estimate of drug-likeness (QED) is 0.325.